The second-order valence-corrected chi connectivity index (χ2v) is 4.50. The first-order chi connectivity index (χ1) is 9.52. The molecular weight excluding hydrogens is 258 g/mol. The molecule has 0 aliphatic rings. The van der Waals surface area contributed by atoms with Gasteiger partial charge in [-0.05, 0) is 6.92 Å². The number of nitrogens with two attached hydrogens (primary N) is 1. The summed E-state index contributed by atoms with van der Waals surface area (Å²) in [4.78, 5) is 21.8. The summed E-state index contributed by atoms with van der Waals surface area (Å²) in [7, 11) is 0. The highest BCUT2D eigenvalue weighted by molar-refractivity contribution is 5.91. The van der Waals surface area contributed by atoms with Crippen molar-refractivity contribution in [2.75, 3.05) is 5.73 Å². The number of carboxylic acids is 1. The van der Waals surface area contributed by atoms with Crippen molar-refractivity contribution in [1.29, 1.82) is 0 Å². The highest BCUT2D eigenvalue weighted by atomic mass is 16.4. The normalized spacial score (nSPS) is 10.4. The van der Waals surface area contributed by atoms with E-state index >= 15 is 0 Å². The Morgan fingerprint density at radius 1 is 1.40 bits per heavy atom. The van der Waals surface area contributed by atoms with E-state index in [2.05, 4.69) is 5.10 Å². The van der Waals surface area contributed by atoms with E-state index in [0.29, 0.717) is 17.5 Å². The molecule has 0 bridgehead atoms. The van der Waals surface area contributed by atoms with Gasteiger partial charge in [-0.15, -0.1) is 0 Å². The quantitative estimate of drug-likeness (QED) is 0.808. The molecule has 0 spiro atoms. The van der Waals surface area contributed by atoms with Crippen LogP contribution >= 0.6 is 0 Å². The van der Waals surface area contributed by atoms with Crippen LogP contribution in [-0.4, -0.2) is 27.1 Å². The number of carboxylic acid groups (broad SMARTS) is 1. The van der Waals surface area contributed by atoms with E-state index in [1.165, 1.54) is 4.68 Å². The SMILES string of the molecule is Cc1ccc(-c2nn(CCC(=O)O)c(N)c2C=O)cc1. The molecule has 2 rings (SSSR count). The first kappa shape index (κ1) is 13.8. The van der Waals surface area contributed by atoms with Crippen LogP contribution in [0.1, 0.15) is 22.3 Å². The van der Waals surface area contributed by atoms with E-state index in [9.17, 15) is 9.59 Å². The number of carbonyl (C=O) groups excluding carboxylic acids is 1. The van der Waals surface area contributed by atoms with E-state index in [1.54, 1.807) is 0 Å². The molecule has 0 saturated carbocycles. The first-order valence-corrected chi connectivity index (χ1v) is 6.13. The van der Waals surface area contributed by atoms with Crippen LogP contribution in [0.2, 0.25) is 0 Å². The highest BCUT2D eigenvalue weighted by Gasteiger charge is 2.16. The molecule has 2 aromatic rings. The summed E-state index contributed by atoms with van der Waals surface area (Å²) in [6.45, 7) is 2.10. The molecule has 0 aliphatic heterocycles. The standard InChI is InChI=1S/C14H15N3O3/c1-9-2-4-10(5-3-9)13-11(8-18)14(15)17(16-13)7-6-12(19)20/h2-5,8H,6-7,15H2,1H3,(H,19,20). The van der Waals surface area contributed by atoms with Crippen molar-refractivity contribution in [2.45, 2.75) is 19.9 Å². The molecule has 0 amide bonds. The van der Waals surface area contributed by atoms with Crippen LogP contribution in [-0.2, 0) is 11.3 Å². The maximum absolute atomic E-state index is 11.2. The van der Waals surface area contributed by atoms with E-state index in [1.807, 2.05) is 31.2 Å². The van der Waals surface area contributed by atoms with Crippen LogP contribution < -0.4 is 5.73 Å². The zero-order chi connectivity index (χ0) is 14.7. The lowest BCUT2D eigenvalue weighted by Gasteiger charge is -2.00. The van der Waals surface area contributed by atoms with Crippen molar-refractivity contribution < 1.29 is 14.7 Å². The number of aromatic nitrogens is 2. The average Bonchev–Trinajstić information content (AvgIpc) is 2.73. The van der Waals surface area contributed by atoms with Crippen molar-refractivity contribution in [3.8, 4) is 11.3 Å². The summed E-state index contributed by atoms with van der Waals surface area (Å²) in [5, 5.41) is 12.9. The van der Waals surface area contributed by atoms with E-state index < -0.39 is 5.97 Å². The van der Waals surface area contributed by atoms with Crippen LogP contribution in [0.15, 0.2) is 24.3 Å². The second-order valence-electron chi connectivity index (χ2n) is 4.50. The summed E-state index contributed by atoms with van der Waals surface area (Å²) < 4.78 is 1.35. The summed E-state index contributed by atoms with van der Waals surface area (Å²) >= 11 is 0. The molecule has 20 heavy (non-hydrogen) atoms. The van der Waals surface area contributed by atoms with Crippen molar-refractivity contribution in [1.82, 2.24) is 9.78 Å². The summed E-state index contributed by atoms with van der Waals surface area (Å²) in [5.74, 6) is -0.749. The van der Waals surface area contributed by atoms with E-state index in [0.717, 1.165) is 11.1 Å². The van der Waals surface area contributed by atoms with Crippen molar-refractivity contribution in [3.63, 3.8) is 0 Å². The van der Waals surface area contributed by atoms with Crippen LogP contribution in [0, 0.1) is 6.92 Å². The molecule has 0 unspecified atom stereocenters. The molecule has 0 fully saturated rings. The average molecular weight is 273 g/mol. The molecule has 0 atom stereocenters. The molecule has 6 nitrogen and oxygen atoms in total. The predicted molar refractivity (Wildman–Crippen MR) is 74.5 cm³/mol. The fourth-order valence-electron chi connectivity index (χ4n) is 1.90. The lowest BCUT2D eigenvalue weighted by Crippen LogP contribution is -2.09. The molecule has 0 saturated heterocycles. The van der Waals surface area contributed by atoms with Gasteiger partial charge in [0.05, 0.1) is 18.5 Å². The monoisotopic (exact) mass is 273 g/mol. The topological polar surface area (TPSA) is 98.2 Å². The number of anilines is 1. The van der Waals surface area contributed by atoms with Crippen LogP contribution in [0.5, 0.6) is 0 Å². The van der Waals surface area contributed by atoms with Gasteiger partial charge in [-0.25, -0.2) is 4.68 Å². The number of hydrogen-bond acceptors (Lipinski definition) is 4. The minimum atomic E-state index is -0.940. The molecular formula is C14H15N3O3. The fraction of sp³-hybridized carbons (Fsp3) is 0.214. The van der Waals surface area contributed by atoms with Gasteiger partial charge in [0.2, 0.25) is 0 Å². The lowest BCUT2D eigenvalue weighted by molar-refractivity contribution is -0.137. The van der Waals surface area contributed by atoms with Gasteiger partial charge in [0.25, 0.3) is 0 Å². The zero-order valence-corrected chi connectivity index (χ0v) is 11.0. The minimum absolute atomic E-state index is 0.0997. The highest BCUT2D eigenvalue weighted by Crippen LogP contribution is 2.26. The largest absolute Gasteiger partial charge is 0.481 e. The van der Waals surface area contributed by atoms with Gasteiger partial charge >= 0.3 is 5.97 Å². The Morgan fingerprint density at radius 3 is 2.60 bits per heavy atom. The molecule has 6 heteroatoms. The van der Waals surface area contributed by atoms with Gasteiger partial charge < -0.3 is 10.8 Å². The third-order valence-corrected chi connectivity index (χ3v) is 3.01. The summed E-state index contributed by atoms with van der Waals surface area (Å²) in [5.41, 5.74) is 8.48. The van der Waals surface area contributed by atoms with Gasteiger partial charge in [0.15, 0.2) is 6.29 Å². The first-order valence-electron chi connectivity index (χ1n) is 6.13. The number of aliphatic carboxylic acids is 1. The molecule has 1 heterocycles. The van der Waals surface area contributed by atoms with Crippen LogP contribution in [0.4, 0.5) is 5.82 Å². The Bertz CT molecular complexity index is 644. The molecule has 0 radical (unpaired) electrons. The van der Waals surface area contributed by atoms with Gasteiger partial charge in [-0.1, -0.05) is 29.8 Å². The maximum atomic E-state index is 11.2. The Labute approximate surface area is 115 Å². The number of nitrogens with zero attached hydrogens (tertiary/aromatic N) is 2. The third-order valence-electron chi connectivity index (χ3n) is 3.01. The molecule has 1 aromatic carbocycles. The molecule has 104 valence electrons. The molecule has 0 aliphatic carbocycles. The Hall–Kier alpha value is -2.63. The third kappa shape index (κ3) is 2.69. The van der Waals surface area contributed by atoms with E-state index in [-0.39, 0.29) is 18.8 Å². The molecule has 3 N–H and O–H groups in total. The van der Waals surface area contributed by atoms with Crippen molar-refractivity contribution in [3.05, 3.63) is 35.4 Å². The van der Waals surface area contributed by atoms with Gasteiger partial charge in [-0.3, -0.25) is 9.59 Å². The number of hydrogen-bond donors (Lipinski definition) is 2. The summed E-state index contributed by atoms with van der Waals surface area (Å²) in [6, 6.07) is 7.53. The number of rotatable bonds is 5. The van der Waals surface area contributed by atoms with Crippen molar-refractivity contribution in [2.24, 2.45) is 0 Å². The van der Waals surface area contributed by atoms with Gasteiger partial charge in [0.1, 0.15) is 11.5 Å². The number of aldehydes is 1. The number of aryl methyl sites for hydroxylation is 2. The van der Waals surface area contributed by atoms with Crippen molar-refractivity contribution >= 4 is 18.1 Å². The van der Waals surface area contributed by atoms with Crippen LogP contribution in [0.3, 0.4) is 0 Å². The number of carbonyl (C=O) groups is 2. The smallest absolute Gasteiger partial charge is 0.305 e. The fourth-order valence-corrected chi connectivity index (χ4v) is 1.90. The maximum Gasteiger partial charge on any atom is 0.305 e. The number of benzene rings is 1. The minimum Gasteiger partial charge on any atom is -0.481 e. The van der Waals surface area contributed by atoms with Gasteiger partial charge in [0, 0.05) is 5.56 Å². The summed E-state index contributed by atoms with van der Waals surface area (Å²) in [6.07, 6.45) is 0.548. The zero-order valence-electron chi connectivity index (χ0n) is 11.0. The number of nitrogen functional groups attached to an aromatic ring is 1. The van der Waals surface area contributed by atoms with Crippen LogP contribution in [0.25, 0.3) is 11.3 Å². The lowest BCUT2D eigenvalue weighted by atomic mass is 10.1. The molecule has 1 aromatic heterocycles. The Morgan fingerprint density at radius 2 is 2.05 bits per heavy atom. The second kappa shape index (κ2) is 5.56. The Kier molecular flexibility index (Phi) is 3.84. The predicted octanol–water partition coefficient (Wildman–Crippen LogP) is 1.73. The Balaban J connectivity index is 2.42. The van der Waals surface area contributed by atoms with Gasteiger partial charge in [-0.2, -0.15) is 5.10 Å². The van der Waals surface area contributed by atoms with E-state index in [4.69, 9.17) is 10.8 Å².